The highest BCUT2D eigenvalue weighted by Gasteiger charge is 2.67. The van der Waals surface area contributed by atoms with E-state index in [4.69, 9.17) is 69.6 Å². The van der Waals surface area contributed by atoms with Gasteiger partial charge in [-0.2, -0.15) is 0 Å². The van der Waals surface area contributed by atoms with Gasteiger partial charge in [0.05, 0.1) is 37.3 Å². The topological polar surface area (TPSA) is 87.3 Å². The zero-order valence-corrected chi connectivity index (χ0v) is 24.0. The summed E-state index contributed by atoms with van der Waals surface area (Å²) in [6, 6.07) is 8.92. The first-order chi connectivity index (χ1) is 18.2. The Hall–Kier alpha value is -2.33. The number of rotatable bonds is 6. The number of carbonyl (C=O) groups is 3. The Balaban J connectivity index is 1.53. The first-order valence-electron chi connectivity index (χ1n) is 10.9. The highest BCUT2D eigenvalue weighted by molar-refractivity contribution is 6.54. The number of benzene rings is 3. The second-order valence-electron chi connectivity index (χ2n) is 8.53. The molecule has 3 amide bonds. The zero-order valence-electron chi connectivity index (χ0n) is 19.4. The SMILES string of the molecule is CC(=O)Nc1c(F)ccc(NC(=O)c2cc(NC(=O)[C@H]3[C@H](c4cc(Cl)c(Cl)c(Cl)c4)C3(Cl)Cl)ccc2Cl)c1F. The fourth-order valence-electron chi connectivity index (χ4n) is 3.95. The number of anilines is 3. The van der Waals surface area contributed by atoms with E-state index >= 15 is 0 Å². The number of nitrogens with one attached hydrogen (secondary N) is 3. The lowest BCUT2D eigenvalue weighted by Gasteiger charge is -2.13. The molecule has 0 aliphatic heterocycles. The number of amides is 3. The van der Waals surface area contributed by atoms with Crippen LogP contribution < -0.4 is 16.0 Å². The van der Waals surface area contributed by atoms with E-state index in [2.05, 4.69) is 10.6 Å². The smallest absolute Gasteiger partial charge is 0.257 e. The molecule has 0 spiro atoms. The lowest BCUT2D eigenvalue weighted by molar-refractivity contribution is -0.117. The Kier molecular flexibility index (Phi) is 8.57. The second kappa shape index (κ2) is 11.3. The molecule has 4 rings (SSSR count). The molecule has 3 N–H and O–H groups in total. The van der Waals surface area contributed by atoms with Crippen molar-refractivity contribution in [3.63, 3.8) is 0 Å². The summed E-state index contributed by atoms with van der Waals surface area (Å²) in [6.45, 7) is 1.08. The molecule has 204 valence electrons. The van der Waals surface area contributed by atoms with Crippen molar-refractivity contribution in [3.8, 4) is 0 Å². The molecule has 0 aromatic heterocycles. The molecule has 0 saturated heterocycles. The van der Waals surface area contributed by atoms with Gasteiger partial charge in [-0.1, -0.05) is 46.4 Å². The highest BCUT2D eigenvalue weighted by Crippen LogP contribution is 2.65. The van der Waals surface area contributed by atoms with Crippen molar-refractivity contribution in [2.75, 3.05) is 16.0 Å². The van der Waals surface area contributed by atoms with Gasteiger partial charge in [-0.15, -0.1) is 23.2 Å². The maximum Gasteiger partial charge on any atom is 0.257 e. The Labute approximate surface area is 250 Å². The molecule has 3 aromatic rings. The van der Waals surface area contributed by atoms with E-state index in [9.17, 15) is 23.2 Å². The summed E-state index contributed by atoms with van der Waals surface area (Å²) in [5, 5.41) is 7.40. The predicted molar refractivity (Wildman–Crippen MR) is 151 cm³/mol. The summed E-state index contributed by atoms with van der Waals surface area (Å²) in [5.74, 6) is -5.91. The number of alkyl halides is 2. The molecule has 0 radical (unpaired) electrons. The van der Waals surface area contributed by atoms with E-state index in [1.807, 2.05) is 5.32 Å². The third kappa shape index (κ3) is 6.06. The van der Waals surface area contributed by atoms with Gasteiger partial charge in [0.1, 0.15) is 15.8 Å². The van der Waals surface area contributed by atoms with Crippen molar-refractivity contribution in [1.82, 2.24) is 0 Å². The van der Waals surface area contributed by atoms with Gasteiger partial charge in [0.25, 0.3) is 5.91 Å². The molecule has 0 unspecified atom stereocenters. The molecule has 1 saturated carbocycles. The minimum absolute atomic E-state index is 0.0196. The van der Waals surface area contributed by atoms with Gasteiger partial charge >= 0.3 is 0 Å². The molecule has 6 nitrogen and oxygen atoms in total. The first-order valence-corrected chi connectivity index (χ1v) is 13.2. The largest absolute Gasteiger partial charge is 0.326 e. The quantitative estimate of drug-likeness (QED) is 0.184. The van der Waals surface area contributed by atoms with E-state index in [0.717, 1.165) is 19.1 Å². The lowest BCUT2D eigenvalue weighted by atomic mass is 10.1. The minimum Gasteiger partial charge on any atom is -0.326 e. The van der Waals surface area contributed by atoms with Crippen molar-refractivity contribution in [2.24, 2.45) is 5.92 Å². The van der Waals surface area contributed by atoms with Crippen LogP contribution in [0.3, 0.4) is 0 Å². The minimum atomic E-state index is -1.47. The van der Waals surface area contributed by atoms with Crippen LogP contribution in [-0.2, 0) is 9.59 Å². The van der Waals surface area contributed by atoms with Crippen molar-refractivity contribution in [2.45, 2.75) is 17.2 Å². The van der Waals surface area contributed by atoms with E-state index in [-0.39, 0.29) is 31.3 Å². The fourth-order valence-corrected chi connectivity index (χ4v) is 5.59. The van der Waals surface area contributed by atoms with E-state index in [1.165, 1.54) is 30.3 Å². The summed E-state index contributed by atoms with van der Waals surface area (Å²) in [6.07, 6.45) is 0. The molecule has 0 bridgehead atoms. The standard InChI is InChI=1S/C25H15Cl6F2N3O3/c1-9(37)34-22-16(32)4-5-17(21(22)33)36-23(38)12-8-11(2-3-13(12)26)35-24(39)19-18(25(19,30)31)10-6-14(27)20(29)15(28)7-10/h2-8,18-19H,1H3,(H,34,37)(H,35,39)(H,36,38)/t18-,19+/m0/s1. The molecular formula is C25H15Cl6F2N3O3. The normalized spacial score (nSPS) is 17.4. The fraction of sp³-hybridized carbons (Fsp3) is 0.160. The number of hydrogen-bond donors (Lipinski definition) is 3. The van der Waals surface area contributed by atoms with Crippen molar-refractivity contribution in [1.29, 1.82) is 0 Å². The molecular weight excluding hydrogens is 641 g/mol. The Morgan fingerprint density at radius 3 is 2.10 bits per heavy atom. The van der Waals surface area contributed by atoms with Gasteiger partial charge in [-0.25, -0.2) is 8.78 Å². The molecule has 1 aliphatic carbocycles. The van der Waals surface area contributed by atoms with Crippen LogP contribution in [0.2, 0.25) is 20.1 Å². The molecule has 14 heteroatoms. The van der Waals surface area contributed by atoms with Crippen molar-refractivity contribution >= 4 is 104 Å². The van der Waals surface area contributed by atoms with Crippen molar-refractivity contribution in [3.05, 3.63) is 85.3 Å². The Morgan fingerprint density at radius 2 is 1.49 bits per heavy atom. The molecule has 2 atom stereocenters. The Bertz CT molecular complexity index is 1510. The van der Waals surface area contributed by atoms with Crippen LogP contribution in [0.4, 0.5) is 25.8 Å². The predicted octanol–water partition coefficient (Wildman–Crippen LogP) is 8.32. The first kappa shape index (κ1) is 29.6. The molecule has 3 aromatic carbocycles. The molecule has 1 fully saturated rings. The number of carbonyl (C=O) groups excluding carboxylic acids is 3. The lowest BCUT2D eigenvalue weighted by Crippen LogP contribution is -2.19. The third-order valence-electron chi connectivity index (χ3n) is 5.82. The van der Waals surface area contributed by atoms with Gasteiger partial charge < -0.3 is 16.0 Å². The van der Waals surface area contributed by atoms with Gasteiger partial charge in [-0.05, 0) is 48.0 Å². The molecule has 1 aliphatic rings. The summed E-state index contributed by atoms with van der Waals surface area (Å²) in [5.41, 5.74) is -0.595. The maximum atomic E-state index is 14.7. The van der Waals surface area contributed by atoms with Gasteiger partial charge in [-0.3, -0.25) is 14.4 Å². The number of hydrogen-bond acceptors (Lipinski definition) is 3. The van der Waals surface area contributed by atoms with E-state index in [1.54, 1.807) is 0 Å². The second-order valence-corrected chi connectivity index (χ2v) is 11.6. The van der Waals surface area contributed by atoms with Crippen molar-refractivity contribution < 1.29 is 23.2 Å². The van der Waals surface area contributed by atoms with Crippen LogP contribution in [0.5, 0.6) is 0 Å². The summed E-state index contributed by atoms with van der Waals surface area (Å²) in [4.78, 5) is 37.2. The average molecular weight is 656 g/mol. The zero-order chi connectivity index (χ0) is 28.8. The third-order valence-corrected chi connectivity index (χ3v) is 8.29. The van der Waals surface area contributed by atoms with Gasteiger partial charge in [0, 0.05) is 18.5 Å². The average Bonchev–Trinajstić information content (AvgIpc) is 3.44. The maximum absolute atomic E-state index is 14.7. The van der Waals surface area contributed by atoms with Gasteiger partial charge in [0.2, 0.25) is 11.8 Å². The van der Waals surface area contributed by atoms with Crippen LogP contribution >= 0.6 is 69.6 Å². The van der Waals surface area contributed by atoms with Crippen LogP contribution in [0, 0.1) is 17.6 Å². The molecule has 0 heterocycles. The van der Waals surface area contributed by atoms with Crippen LogP contribution in [0.1, 0.15) is 28.8 Å². The summed E-state index contributed by atoms with van der Waals surface area (Å²) < 4.78 is 27.2. The molecule has 39 heavy (non-hydrogen) atoms. The van der Waals surface area contributed by atoms with Crippen LogP contribution in [-0.4, -0.2) is 22.1 Å². The Morgan fingerprint density at radius 1 is 0.846 bits per heavy atom. The number of halogens is 8. The van der Waals surface area contributed by atoms with E-state index in [0.29, 0.717) is 5.56 Å². The monoisotopic (exact) mass is 653 g/mol. The highest BCUT2D eigenvalue weighted by atomic mass is 35.5. The summed E-state index contributed by atoms with van der Waals surface area (Å²) >= 11 is 37.1. The van der Waals surface area contributed by atoms with E-state index < -0.39 is 56.9 Å². The van der Waals surface area contributed by atoms with Gasteiger partial charge in [0.15, 0.2) is 5.82 Å². The summed E-state index contributed by atoms with van der Waals surface area (Å²) in [7, 11) is 0. The van der Waals surface area contributed by atoms with Crippen LogP contribution in [0.25, 0.3) is 0 Å². The van der Waals surface area contributed by atoms with Crippen LogP contribution in [0.15, 0.2) is 42.5 Å².